The van der Waals surface area contributed by atoms with Crippen LogP contribution in [-0.4, -0.2) is 31.0 Å². The molecule has 17 heavy (non-hydrogen) atoms. The predicted octanol–water partition coefficient (Wildman–Crippen LogP) is 2.27. The van der Waals surface area contributed by atoms with E-state index in [1.54, 1.807) is 25.2 Å². The Morgan fingerprint density at radius 3 is 2.59 bits per heavy atom. The number of rotatable bonds is 4. The molecule has 1 rings (SSSR count). The molecule has 0 spiro atoms. The van der Waals surface area contributed by atoms with E-state index in [9.17, 15) is 14.5 Å². The second-order valence-corrected chi connectivity index (χ2v) is 3.58. The van der Waals surface area contributed by atoms with E-state index < -0.39 is 10.7 Å². The Hall–Kier alpha value is -2.11. The van der Waals surface area contributed by atoms with Crippen LogP contribution in [0.1, 0.15) is 5.56 Å². The summed E-state index contributed by atoms with van der Waals surface area (Å²) in [5, 5.41) is 10.8. The van der Waals surface area contributed by atoms with E-state index in [0.29, 0.717) is 5.56 Å². The number of nitro groups is 1. The van der Waals surface area contributed by atoms with Crippen molar-refractivity contribution in [3.8, 4) is 5.75 Å². The van der Waals surface area contributed by atoms with Gasteiger partial charge in [-0.15, -0.1) is 0 Å². The minimum absolute atomic E-state index is 0.0194. The van der Waals surface area contributed by atoms with E-state index >= 15 is 0 Å². The largest absolute Gasteiger partial charge is 0.494 e. The van der Waals surface area contributed by atoms with Gasteiger partial charge in [0.1, 0.15) is 0 Å². The second kappa shape index (κ2) is 5.29. The number of nitrogens with zero attached hydrogens (tertiary/aromatic N) is 2. The van der Waals surface area contributed by atoms with E-state index in [0.717, 1.165) is 6.07 Å². The summed E-state index contributed by atoms with van der Waals surface area (Å²) in [6.07, 6.45) is 3.17. The number of halogens is 1. The Morgan fingerprint density at radius 1 is 1.47 bits per heavy atom. The number of nitro benzene ring substituents is 1. The molecule has 0 radical (unpaired) electrons. The molecule has 0 amide bonds. The van der Waals surface area contributed by atoms with Gasteiger partial charge in [0.25, 0.3) is 5.69 Å². The van der Waals surface area contributed by atoms with Gasteiger partial charge in [-0.1, -0.05) is 0 Å². The van der Waals surface area contributed by atoms with Crippen molar-refractivity contribution in [1.29, 1.82) is 0 Å². The standard InChI is InChI=1S/C11H13FN2O3/c1-13(2)5-4-8-6-11(17-3)9(12)7-10(8)14(15)16/h4-7H,1-3H3. The molecule has 0 heterocycles. The maximum absolute atomic E-state index is 13.3. The molecule has 0 aromatic heterocycles. The third-order valence-electron chi connectivity index (χ3n) is 2.05. The molecule has 0 aliphatic rings. The smallest absolute Gasteiger partial charge is 0.279 e. The maximum Gasteiger partial charge on any atom is 0.279 e. The Kier molecular flexibility index (Phi) is 4.03. The summed E-state index contributed by atoms with van der Waals surface area (Å²) in [7, 11) is 4.87. The van der Waals surface area contributed by atoms with Crippen molar-refractivity contribution < 1.29 is 14.1 Å². The van der Waals surface area contributed by atoms with E-state index in [1.165, 1.54) is 19.3 Å². The van der Waals surface area contributed by atoms with Gasteiger partial charge >= 0.3 is 0 Å². The van der Waals surface area contributed by atoms with Gasteiger partial charge in [-0.3, -0.25) is 10.1 Å². The molecule has 92 valence electrons. The third-order valence-corrected chi connectivity index (χ3v) is 2.05. The lowest BCUT2D eigenvalue weighted by atomic mass is 10.1. The van der Waals surface area contributed by atoms with Crippen LogP contribution >= 0.6 is 0 Å². The summed E-state index contributed by atoms with van der Waals surface area (Å²) in [4.78, 5) is 11.9. The molecular formula is C11H13FN2O3. The molecule has 0 N–H and O–H groups in total. The van der Waals surface area contributed by atoms with Gasteiger partial charge < -0.3 is 9.64 Å². The zero-order valence-corrected chi connectivity index (χ0v) is 9.81. The molecule has 0 aliphatic carbocycles. The monoisotopic (exact) mass is 240 g/mol. The topological polar surface area (TPSA) is 55.6 Å². The normalized spacial score (nSPS) is 10.6. The van der Waals surface area contributed by atoms with Crippen LogP contribution in [0.2, 0.25) is 0 Å². The van der Waals surface area contributed by atoms with Gasteiger partial charge in [-0.05, 0) is 18.3 Å². The highest BCUT2D eigenvalue weighted by Gasteiger charge is 2.17. The average molecular weight is 240 g/mol. The fraction of sp³-hybridized carbons (Fsp3) is 0.273. The molecule has 0 saturated heterocycles. The zero-order valence-electron chi connectivity index (χ0n) is 9.81. The summed E-state index contributed by atoms with van der Waals surface area (Å²) in [6.45, 7) is 0. The van der Waals surface area contributed by atoms with Gasteiger partial charge in [-0.2, -0.15) is 0 Å². The second-order valence-electron chi connectivity index (χ2n) is 3.58. The van der Waals surface area contributed by atoms with E-state index in [1.807, 2.05) is 0 Å². The van der Waals surface area contributed by atoms with Crippen LogP contribution in [0.4, 0.5) is 10.1 Å². The molecule has 0 atom stereocenters. The van der Waals surface area contributed by atoms with Crippen molar-refractivity contribution in [3.63, 3.8) is 0 Å². The van der Waals surface area contributed by atoms with Crippen LogP contribution in [0, 0.1) is 15.9 Å². The first-order valence-electron chi connectivity index (χ1n) is 4.82. The minimum Gasteiger partial charge on any atom is -0.494 e. The number of benzene rings is 1. The first-order valence-corrected chi connectivity index (χ1v) is 4.82. The van der Waals surface area contributed by atoms with Crippen molar-refractivity contribution in [2.45, 2.75) is 0 Å². The lowest BCUT2D eigenvalue weighted by molar-refractivity contribution is -0.385. The summed E-state index contributed by atoms with van der Waals surface area (Å²) in [6, 6.07) is 2.15. The van der Waals surface area contributed by atoms with Crippen LogP contribution in [0.25, 0.3) is 6.08 Å². The number of hydrogen-bond donors (Lipinski definition) is 0. The Balaban J connectivity index is 3.29. The van der Waals surface area contributed by atoms with E-state index in [4.69, 9.17) is 4.74 Å². The van der Waals surface area contributed by atoms with Crippen LogP contribution in [-0.2, 0) is 0 Å². The molecule has 5 nitrogen and oxygen atoms in total. The quantitative estimate of drug-likeness (QED) is 0.598. The molecule has 6 heteroatoms. The molecular weight excluding hydrogens is 227 g/mol. The predicted molar refractivity (Wildman–Crippen MR) is 62.3 cm³/mol. The maximum atomic E-state index is 13.3. The van der Waals surface area contributed by atoms with Crippen molar-refractivity contribution >= 4 is 11.8 Å². The first kappa shape index (κ1) is 13.0. The van der Waals surface area contributed by atoms with Crippen molar-refractivity contribution in [1.82, 2.24) is 4.90 Å². The molecule has 1 aromatic rings. The summed E-state index contributed by atoms with van der Waals surface area (Å²) >= 11 is 0. The molecule has 1 aromatic carbocycles. The number of methoxy groups -OCH3 is 1. The van der Waals surface area contributed by atoms with E-state index in [-0.39, 0.29) is 11.4 Å². The summed E-state index contributed by atoms with van der Waals surface area (Å²) in [5.41, 5.74) is 0.00310. The average Bonchev–Trinajstić information content (AvgIpc) is 2.26. The van der Waals surface area contributed by atoms with Crippen molar-refractivity contribution in [3.05, 3.63) is 39.8 Å². The summed E-state index contributed by atoms with van der Waals surface area (Å²) < 4.78 is 18.1. The van der Waals surface area contributed by atoms with Crippen LogP contribution < -0.4 is 4.74 Å². The fourth-order valence-corrected chi connectivity index (χ4v) is 1.24. The van der Waals surface area contributed by atoms with Gasteiger partial charge in [0.05, 0.1) is 23.7 Å². The minimum atomic E-state index is -0.749. The highest BCUT2D eigenvalue weighted by atomic mass is 19.1. The van der Waals surface area contributed by atoms with Crippen LogP contribution in [0.15, 0.2) is 18.3 Å². The molecule has 0 fully saturated rings. The van der Waals surface area contributed by atoms with Gasteiger partial charge in [0.2, 0.25) is 0 Å². The summed E-state index contributed by atoms with van der Waals surface area (Å²) in [5.74, 6) is -0.768. The highest BCUT2D eigenvalue weighted by Crippen LogP contribution is 2.28. The fourth-order valence-electron chi connectivity index (χ4n) is 1.24. The van der Waals surface area contributed by atoms with Crippen molar-refractivity contribution in [2.75, 3.05) is 21.2 Å². The molecule has 0 saturated carbocycles. The lowest BCUT2D eigenvalue weighted by Crippen LogP contribution is -2.01. The molecule has 0 unspecified atom stereocenters. The van der Waals surface area contributed by atoms with Crippen molar-refractivity contribution in [2.24, 2.45) is 0 Å². The lowest BCUT2D eigenvalue weighted by Gasteiger charge is -2.06. The Labute approximate surface area is 98.3 Å². The van der Waals surface area contributed by atoms with Crippen LogP contribution in [0.3, 0.4) is 0 Å². The Bertz CT molecular complexity index is 458. The first-order chi connectivity index (χ1) is 7.95. The van der Waals surface area contributed by atoms with Crippen LogP contribution in [0.5, 0.6) is 5.75 Å². The van der Waals surface area contributed by atoms with E-state index in [2.05, 4.69) is 0 Å². The van der Waals surface area contributed by atoms with Gasteiger partial charge in [0.15, 0.2) is 11.6 Å². The Morgan fingerprint density at radius 2 is 2.12 bits per heavy atom. The number of hydrogen-bond acceptors (Lipinski definition) is 4. The highest BCUT2D eigenvalue weighted by molar-refractivity contribution is 5.63. The van der Waals surface area contributed by atoms with Gasteiger partial charge in [0, 0.05) is 14.1 Å². The van der Waals surface area contributed by atoms with Gasteiger partial charge in [-0.25, -0.2) is 4.39 Å². The molecule has 0 bridgehead atoms. The molecule has 0 aliphatic heterocycles. The number of ether oxygens (including phenoxy) is 1. The zero-order chi connectivity index (χ0) is 13.0. The third kappa shape index (κ3) is 3.17. The SMILES string of the molecule is COc1cc(C=CN(C)C)c([N+](=O)[O-])cc1F.